The standard InChI is InChI=1S/C15H13ClN4O2/c1-22-15-12(3-2-6-17-15)14(21)18-7-11-9-20-8-10(16)4-5-13(20)19-11/h2-6,8-9H,7H2,1H3,(H,18,21). The van der Waals surface area contributed by atoms with Gasteiger partial charge in [-0.3, -0.25) is 4.79 Å². The molecule has 0 aliphatic heterocycles. The largest absolute Gasteiger partial charge is 0.480 e. The van der Waals surface area contributed by atoms with Crippen LogP contribution in [0.3, 0.4) is 0 Å². The van der Waals surface area contributed by atoms with E-state index in [1.807, 2.05) is 16.7 Å². The number of methoxy groups -OCH3 is 1. The fourth-order valence-electron chi connectivity index (χ4n) is 2.09. The monoisotopic (exact) mass is 316 g/mol. The van der Waals surface area contributed by atoms with E-state index in [2.05, 4.69) is 15.3 Å². The molecule has 0 bridgehead atoms. The highest BCUT2D eigenvalue weighted by atomic mass is 35.5. The Bertz CT molecular complexity index is 831. The Balaban J connectivity index is 1.74. The molecule has 0 atom stereocenters. The predicted octanol–water partition coefficient (Wildman–Crippen LogP) is 2.32. The third kappa shape index (κ3) is 2.87. The number of carbonyl (C=O) groups is 1. The van der Waals surface area contributed by atoms with Gasteiger partial charge in [-0.05, 0) is 24.3 Å². The number of carbonyl (C=O) groups excluding carboxylic acids is 1. The highest BCUT2D eigenvalue weighted by molar-refractivity contribution is 6.30. The van der Waals surface area contributed by atoms with Crippen molar-refractivity contribution in [2.75, 3.05) is 7.11 Å². The van der Waals surface area contributed by atoms with E-state index in [-0.39, 0.29) is 5.91 Å². The number of fused-ring (bicyclic) bond motifs is 1. The lowest BCUT2D eigenvalue weighted by atomic mass is 10.2. The van der Waals surface area contributed by atoms with Gasteiger partial charge in [-0.15, -0.1) is 0 Å². The summed E-state index contributed by atoms with van der Waals surface area (Å²) in [7, 11) is 1.48. The van der Waals surface area contributed by atoms with Crippen molar-refractivity contribution in [3.63, 3.8) is 0 Å². The quantitative estimate of drug-likeness (QED) is 0.802. The van der Waals surface area contributed by atoms with Crippen LogP contribution in [-0.2, 0) is 6.54 Å². The van der Waals surface area contributed by atoms with E-state index in [0.717, 1.165) is 11.3 Å². The van der Waals surface area contributed by atoms with Crippen molar-refractivity contribution < 1.29 is 9.53 Å². The van der Waals surface area contributed by atoms with Gasteiger partial charge in [0.1, 0.15) is 11.2 Å². The number of pyridine rings is 2. The van der Waals surface area contributed by atoms with Gasteiger partial charge >= 0.3 is 0 Å². The molecule has 0 aromatic carbocycles. The fraction of sp³-hybridized carbons (Fsp3) is 0.133. The average Bonchev–Trinajstić information content (AvgIpc) is 2.94. The van der Waals surface area contributed by atoms with Crippen molar-refractivity contribution >= 4 is 23.2 Å². The van der Waals surface area contributed by atoms with E-state index in [0.29, 0.717) is 23.0 Å². The Labute approximate surface area is 131 Å². The molecule has 3 aromatic heterocycles. The normalized spacial score (nSPS) is 10.6. The minimum Gasteiger partial charge on any atom is -0.480 e. The van der Waals surface area contributed by atoms with Crippen LogP contribution in [-0.4, -0.2) is 27.4 Å². The third-order valence-electron chi connectivity index (χ3n) is 3.10. The lowest BCUT2D eigenvalue weighted by molar-refractivity contribution is 0.0946. The maximum atomic E-state index is 12.2. The molecule has 3 aromatic rings. The van der Waals surface area contributed by atoms with E-state index in [4.69, 9.17) is 16.3 Å². The molecule has 0 spiro atoms. The van der Waals surface area contributed by atoms with Gasteiger partial charge in [0.05, 0.1) is 24.4 Å². The van der Waals surface area contributed by atoms with Crippen molar-refractivity contribution in [3.8, 4) is 5.88 Å². The lowest BCUT2D eigenvalue weighted by Crippen LogP contribution is -2.23. The Morgan fingerprint density at radius 2 is 2.23 bits per heavy atom. The van der Waals surface area contributed by atoms with Crippen LogP contribution >= 0.6 is 11.6 Å². The molecule has 0 saturated carbocycles. The van der Waals surface area contributed by atoms with Crippen LogP contribution in [0.5, 0.6) is 5.88 Å². The summed E-state index contributed by atoms with van der Waals surface area (Å²) in [5, 5.41) is 3.42. The molecule has 3 rings (SSSR count). The zero-order valence-corrected chi connectivity index (χ0v) is 12.5. The Kier molecular flexibility index (Phi) is 3.93. The molecule has 3 heterocycles. The molecular weight excluding hydrogens is 304 g/mol. The van der Waals surface area contributed by atoms with Gasteiger partial charge in [-0.1, -0.05) is 11.6 Å². The number of nitrogens with one attached hydrogen (secondary N) is 1. The number of nitrogens with zero attached hydrogens (tertiary/aromatic N) is 3. The highest BCUT2D eigenvalue weighted by Crippen LogP contribution is 2.14. The Hall–Kier alpha value is -2.60. The molecular formula is C15H13ClN4O2. The molecule has 0 fully saturated rings. The zero-order valence-electron chi connectivity index (χ0n) is 11.8. The summed E-state index contributed by atoms with van der Waals surface area (Å²) in [6, 6.07) is 6.93. The minimum atomic E-state index is -0.264. The second-order valence-corrected chi connectivity index (χ2v) is 5.02. The van der Waals surface area contributed by atoms with E-state index in [1.165, 1.54) is 7.11 Å². The van der Waals surface area contributed by atoms with Gasteiger partial charge in [-0.25, -0.2) is 9.97 Å². The first kappa shape index (κ1) is 14.3. The van der Waals surface area contributed by atoms with E-state index >= 15 is 0 Å². The molecule has 0 saturated heterocycles. The summed E-state index contributed by atoms with van der Waals surface area (Å²) in [5.74, 6) is 0.0295. The first-order valence-corrected chi connectivity index (χ1v) is 6.95. The van der Waals surface area contributed by atoms with Gasteiger partial charge in [0.25, 0.3) is 5.91 Å². The molecule has 0 aliphatic rings. The van der Waals surface area contributed by atoms with Crippen LogP contribution in [0.1, 0.15) is 16.1 Å². The van der Waals surface area contributed by atoms with Crippen molar-refractivity contribution in [2.45, 2.75) is 6.54 Å². The first-order valence-electron chi connectivity index (χ1n) is 6.57. The number of amides is 1. The maximum absolute atomic E-state index is 12.2. The van der Waals surface area contributed by atoms with Crippen molar-refractivity contribution in [1.82, 2.24) is 19.7 Å². The smallest absolute Gasteiger partial charge is 0.257 e. The predicted molar refractivity (Wildman–Crippen MR) is 82.2 cm³/mol. The van der Waals surface area contributed by atoms with Gasteiger partial charge < -0.3 is 14.5 Å². The van der Waals surface area contributed by atoms with Crippen molar-refractivity contribution in [2.24, 2.45) is 0 Å². The van der Waals surface area contributed by atoms with Crippen LogP contribution < -0.4 is 10.1 Å². The molecule has 22 heavy (non-hydrogen) atoms. The van der Waals surface area contributed by atoms with Gasteiger partial charge in [0.2, 0.25) is 5.88 Å². The number of hydrogen-bond donors (Lipinski definition) is 1. The van der Waals surface area contributed by atoms with Crippen LogP contribution in [0.25, 0.3) is 5.65 Å². The summed E-state index contributed by atoms with van der Waals surface area (Å²) in [4.78, 5) is 20.6. The Morgan fingerprint density at radius 3 is 3.05 bits per heavy atom. The number of ether oxygens (including phenoxy) is 1. The molecule has 1 amide bonds. The summed E-state index contributed by atoms with van der Waals surface area (Å²) >= 11 is 5.93. The molecule has 112 valence electrons. The molecule has 0 unspecified atom stereocenters. The van der Waals surface area contributed by atoms with Gasteiger partial charge in [0, 0.05) is 18.6 Å². The van der Waals surface area contributed by atoms with Crippen LogP contribution in [0.2, 0.25) is 5.02 Å². The lowest BCUT2D eigenvalue weighted by Gasteiger charge is -2.06. The van der Waals surface area contributed by atoms with Crippen molar-refractivity contribution in [1.29, 1.82) is 0 Å². The van der Waals surface area contributed by atoms with E-state index < -0.39 is 0 Å². The summed E-state index contributed by atoms with van der Waals surface area (Å²) in [6.07, 6.45) is 5.16. The average molecular weight is 317 g/mol. The topological polar surface area (TPSA) is 68.5 Å². The fourth-order valence-corrected chi connectivity index (χ4v) is 2.26. The number of halogens is 1. The zero-order chi connectivity index (χ0) is 15.5. The number of hydrogen-bond acceptors (Lipinski definition) is 4. The SMILES string of the molecule is COc1ncccc1C(=O)NCc1cn2cc(Cl)ccc2n1. The van der Waals surface area contributed by atoms with Crippen LogP contribution in [0, 0.1) is 0 Å². The molecule has 1 N–H and O–H groups in total. The second-order valence-electron chi connectivity index (χ2n) is 4.59. The summed E-state index contributed by atoms with van der Waals surface area (Å²) in [5.41, 5.74) is 1.89. The molecule has 0 aliphatic carbocycles. The number of aromatic nitrogens is 3. The summed E-state index contributed by atoms with van der Waals surface area (Å²) < 4.78 is 6.89. The van der Waals surface area contributed by atoms with Crippen LogP contribution in [0.4, 0.5) is 0 Å². The third-order valence-corrected chi connectivity index (χ3v) is 3.33. The molecule has 6 nitrogen and oxygen atoms in total. The van der Waals surface area contributed by atoms with Crippen LogP contribution in [0.15, 0.2) is 42.9 Å². The first-order chi connectivity index (χ1) is 10.7. The van der Waals surface area contributed by atoms with E-state index in [1.54, 1.807) is 30.6 Å². The van der Waals surface area contributed by atoms with Crippen molar-refractivity contribution in [3.05, 3.63) is 59.1 Å². The number of imidazole rings is 1. The summed E-state index contributed by atoms with van der Waals surface area (Å²) in [6.45, 7) is 0.302. The molecule has 0 radical (unpaired) electrons. The molecule has 7 heteroatoms. The highest BCUT2D eigenvalue weighted by Gasteiger charge is 2.13. The number of rotatable bonds is 4. The minimum absolute atomic E-state index is 0.264. The van der Waals surface area contributed by atoms with E-state index in [9.17, 15) is 4.79 Å². The van der Waals surface area contributed by atoms with Gasteiger partial charge in [0.15, 0.2) is 0 Å². The van der Waals surface area contributed by atoms with Gasteiger partial charge in [-0.2, -0.15) is 0 Å². The maximum Gasteiger partial charge on any atom is 0.257 e. The second kappa shape index (κ2) is 6.03. The Morgan fingerprint density at radius 1 is 1.36 bits per heavy atom.